The highest BCUT2D eigenvalue weighted by atomic mass is 19.2. The summed E-state index contributed by atoms with van der Waals surface area (Å²) in [5.41, 5.74) is -1.95. The lowest BCUT2D eigenvalue weighted by molar-refractivity contribution is -0.146. The molecule has 1 aliphatic heterocycles. The SMILES string of the molecule is CC1(C(=O)O)CCCN1C(=O)Nc1ccc(F)c(F)c1F. The van der Waals surface area contributed by atoms with Crippen molar-refractivity contribution in [1.29, 1.82) is 0 Å². The number of rotatable bonds is 2. The number of halogens is 3. The van der Waals surface area contributed by atoms with Crippen molar-refractivity contribution < 1.29 is 27.9 Å². The van der Waals surface area contributed by atoms with E-state index in [0.717, 1.165) is 11.0 Å². The number of carbonyl (C=O) groups excluding carboxylic acids is 1. The highest BCUT2D eigenvalue weighted by Gasteiger charge is 2.46. The second kappa shape index (κ2) is 5.27. The molecule has 5 nitrogen and oxygen atoms in total. The molecule has 1 fully saturated rings. The Labute approximate surface area is 118 Å². The number of carbonyl (C=O) groups is 2. The van der Waals surface area contributed by atoms with Crippen molar-refractivity contribution in [3.63, 3.8) is 0 Å². The highest BCUT2D eigenvalue weighted by molar-refractivity contribution is 5.94. The normalized spacial score (nSPS) is 21.4. The first-order valence-corrected chi connectivity index (χ1v) is 6.23. The topological polar surface area (TPSA) is 69.6 Å². The van der Waals surface area contributed by atoms with Crippen LogP contribution in [0, 0.1) is 17.5 Å². The van der Waals surface area contributed by atoms with E-state index < -0.39 is 40.7 Å². The Hall–Kier alpha value is -2.25. The number of carboxylic acid groups (broad SMARTS) is 1. The van der Waals surface area contributed by atoms with Crippen LogP contribution in [-0.2, 0) is 4.79 Å². The molecule has 1 aromatic carbocycles. The molecule has 1 unspecified atom stereocenters. The molecule has 0 aromatic heterocycles. The van der Waals surface area contributed by atoms with Crippen LogP contribution < -0.4 is 5.32 Å². The van der Waals surface area contributed by atoms with Gasteiger partial charge in [0.25, 0.3) is 0 Å². The molecule has 0 aliphatic carbocycles. The van der Waals surface area contributed by atoms with Crippen LogP contribution in [0.5, 0.6) is 0 Å². The summed E-state index contributed by atoms with van der Waals surface area (Å²) in [5.74, 6) is -5.78. The number of anilines is 1. The molecule has 1 aliphatic rings. The Morgan fingerprint density at radius 1 is 1.29 bits per heavy atom. The predicted molar refractivity (Wildman–Crippen MR) is 67.3 cm³/mol. The summed E-state index contributed by atoms with van der Waals surface area (Å²) in [5, 5.41) is 11.3. The number of benzene rings is 1. The van der Waals surface area contributed by atoms with E-state index in [0.29, 0.717) is 12.5 Å². The maximum Gasteiger partial charge on any atom is 0.329 e. The van der Waals surface area contributed by atoms with Gasteiger partial charge in [-0.05, 0) is 31.9 Å². The van der Waals surface area contributed by atoms with Crippen LogP contribution in [0.1, 0.15) is 19.8 Å². The molecule has 1 atom stereocenters. The fraction of sp³-hybridized carbons (Fsp3) is 0.385. The van der Waals surface area contributed by atoms with Crippen LogP contribution in [0.4, 0.5) is 23.7 Å². The van der Waals surface area contributed by atoms with Crippen molar-refractivity contribution >= 4 is 17.7 Å². The van der Waals surface area contributed by atoms with E-state index in [1.54, 1.807) is 0 Å². The Bertz CT molecular complexity index is 609. The van der Waals surface area contributed by atoms with E-state index in [4.69, 9.17) is 0 Å². The first kappa shape index (κ1) is 15.1. The summed E-state index contributed by atoms with van der Waals surface area (Å²) < 4.78 is 39.4. The molecule has 114 valence electrons. The fourth-order valence-corrected chi connectivity index (χ4v) is 2.32. The van der Waals surface area contributed by atoms with Crippen LogP contribution in [-0.4, -0.2) is 34.1 Å². The van der Waals surface area contributed by atoms with Crippen molar-refractivity contribution in [3.05, 3.63) is 29.6 Å². The van der Waals surface area contributed by atoms with Crippen molar-refractivity contribution in [1.82, 2.24) is 4.90 Å². The molecule has 2 rings (SSSR count). The van der Waals surface area contributed by atoms with Gasteiger partial charge in [-0.1, -0.05) is 0 Å². The van der Waals surface area contributed by atoms with Gasteiger partial charge in [0.05, 0.1) is 5.69 Å². The van der Waals surface area contributed by atoms with Crippen LogP contribution in [0.3, 0.4) is 0 Å². The lowest BCUT2D eigenvalue weighted by Gasteiger charge is -2.31. The maximum atomic E-state index is 13.5. The van der Waals surface area contributed by atoms with Gasteiger partial charge >= 0.3 is 12.0 Å². The molecule has 2 N–H and O–H groups in total. The number of amides is 2. The summed E-state index contributed by atoms with van der Waals surface area (Å²) in [6.07, 6.45) is 0.743. The molecule has 1 saturated heterocycles. The smallest absolute Gasteiger partial charge is 0.329 e. The maximum absolute atomic E-state index is 13.5. The second-order valence-corrected chi connectivity index (χ2v) is 4.99. The number of hydrogen-bond acceptors (Lipinski definition) is 2. The number of nitrogens with one attached hydrogen (secondary N) is 1. The monoisotopic (exact) mass is 302 g/mol. The number of carboxylic acids is 1. The Morgan fingerprint density at radius 3 is 2.57 bits per heavy atom. The summed E-state index contributed by atoms with van der Waals surface area (Å²) in [4.78, 5) is 24.3. The van der Waals surface area contributed by atoms with E-state index in [1.807, 2.05) is 0 Å². The number of hydrogen-bond donors (Lipinski definition) is 2. The second-order valence-electron chi connectivity index (χ2n) is 4.99. The summed E-state index contributed by atoms with van der Waals surface area (Å²) >= 11 is 0. The third-order valence-electron chi connectivity index (χ3n) is 3.62. The van der Waals surface area contributed by atoms with E-state index >= 15 is 0 Å². The molecular formula is C13H13F3N2O3. The average Bonchev–Trinajstić information content (AvgIpc) is 2.83. The van der Waals surface area contributed by atoms with Crippen LogP contribution in [0.2, 0.25) is 0 Å². The van der Waals surface area contributed by atoms with Gasteiger partial charge < -0.3 is 15.3 Å². The van der Waals surface area contributed by atoms with Gasteiger partial charge in [-0.3, -0.25) is 0 Å². The Kier molecular flexibility index (Phi) is 3.80. The van der Waals surface area contributed by atoms with Crippen molar-refractivity contribution in [2.45, 2.75) is 25.3 Å². The first-order chi connectivity index (χ1) is 9.77. The minimum Gasteiger partial charge on any atom is -0.480 e. The number of aliphatic carboxylic acids is 1. The third-order valence-corrected chi connectivity index (χ3v) is 3.62. The Morgan fingerprint density at radius 2 is 1.95 bits per heavy atom. The molecule has 2 amide bonds. The lowest BCUT2D eigenvalue weighted by atomic mass is 10.00. The molecule has 0 radical (unpaired) electrons. The summed E-state index contributed by atoms with van der Waals surface area (Å²) in [7, 11) is 0. The van der Waals surface area contributed by atoms with Gasteiger partial charge in [-0.2, -0.15) is 0 Å². The standard InChI is InChI=1S/C13H13F3N2O3/c1-13(11(19)20)5-2-6-18(13)12(21)17-8-4-3-7(14)9(15)10(8)16/h3-4H,2,5-6H2,1H3,(H,17,21)(H,19,20). The van der Waals surface area contributed by atoms with Gasteiger partial charge in [-0.15, -0.1) is 0 Å². The molecule has 0 bridgehead atoms. The molecule has 1 aromatic rings. The summed E-state index contributed by atoms with van der Waals surface area (Å²) in [6.45, 7) is 1.56. The van der Waals surface area contributed by atoms with Gasteiger partial charge in [0.2, 0.25) is 0 Å². The zero-order chi connectivity index (χ0) is 15.8. The number of nitrogens with zero attached hydrogens (tertiary/aromatic N) is 1. The minimum absolute atomic E-state index is 0.180. The third kappa shape index (κ3) is 2.53. The van der Waals surface area contributed by atoms with Gasteiger partial charge in [0, 0.05) is 6.54 Å². The minimum atomic E-state index is -1.70. The van der Waals surface area contributed by atoms with Crippen LogP contribution in [0.25, 0.3) is 0 Å². The van der Waals surface area contributed by atoms with E-state index in [2.05, 4.69) is 5.32 Å². The average molecular weight is 302 g/mol. The molecule has 21 heavy (non-hydrogen) atoms. The van der Waals surface area contributed by atoms with E-state index in [1.165, 1.54) is 6.92 Å². The molecule has 0 saturated carbocycles. The molecular weight excluding hydrogens is 289 g/mol. The largest absolute Gasteiger partial charge is 0.480 e. The van der Waals surface area contributed by atoms with Gasteiger partial charge in [0.15, 0.2) is 17.5 Å². The van der Waals surface area contributed by atoms with Crippen molar-refractivity contribution in [2.24, 2.45) is 0 Å². The predicted octanol–water partition coefficient (Wildman–Crippen LogP) is 2.57. The fourth-order valence-electron chi connectivity index (χ4n) is 2.32. The zero-order valence-corrected chi connectivity index (χ0v) is 11.1. The Balaban J connectivity index is 2.23. The number of urea groups is 1. The van der Waals surface area contributed by atoms with Crippen molar-refractivity contribution in [3.8, 4) is 0 Å². The van der Waals surface area contributed by atoms with Gasteiger partial charge in [0.1, 0.15) is 5.54 Å². The highest BCUT2D eigenvalue weighted by Crippen LogP contribution is 2.30. The molecule has 1 heterocycles. The van der Waals surface area contributed by atoms with Crippen LogP contribution in [0.15, 0.2) is 12.1 Å². The first-order valence-electron chi connectivity index (χ1n) is 6.23. The van der Waals surface area contributed by atoms with E-state index in [9.17, 15) is 27.9 Å². The van der Waals surface area contributed by atoms with Crippen LogP contribution >= 0.6 is 0 Å². The zero-order valence-electron chi connectivity index (χ0n) is 11.1. The summed E-state index contributed by atoms with van der Waals surface area (Å²) in [6, 6.07) is 0.677. The lowest BCUT2D eigenvalue weighted by Crippen LogP contribution is -2.52. The molecule has 8 heteroatoms. The quantitative estimate of drug-likeness (QED) is 0.825. The van der Waals surface area contributed by atoms with Gasteiger partial charge in [-0.25, -0.2) is 22.8 Å². The van der Waals surface area contributed by atoms with Crippen molar-refractivity contribution in [2.75, 3.05) is 11.9 Å². The number of likely N-dealkylation sites (tertiary alicyclic amines) is 1. The molecule has 0 spiro atoms. The van der Waals surface area contributed by atoms with E-state index in [-0.39, 0.29) is 13.0 Å².